The summed E-state index contributed by atoms with van der Waals surface area (Å²) in [5.74, 6) is 0.407. The first-order valence-electron chi connectivity index (χ1n) is 9.25. The molecule has 0 saturated heterocycles. The Labute approximate surface area is 177 Å². The average Bonchev–Trinajstić information content (AvgIpc) is 2.75. The Bertz CT molecular complexity index is 1170. The van der Waals surface area contributed by atoms with E-state index in [0.717, 1.165) is 24.3 Å². The third kappa shape index (κ3) is 4.58. The first kappa shape index (κ1) is 21.4. The van der Waals surface area contributed by atoms with E-state index in [-0.39, 0.29) is 23.0 Å². The van der Waals surface area contributed by atoms with Crippen LogP contribution in [0.4, 0.5) is 49.4 Å². The minimum atomic E-state index is -4.50. The van der Waals surface area contributed by atoms with Crippen molar-refractivity contribution in [1.82, 2.24) is 10.2 Å². The van der Waals surface area contributed by atoms with E-state index in [9.17, 15) is 26.3 Å². The van der Waals surface area contributed by atoms with Crippen molar-refractivity contribution in [2.24, 2.45) is 0 Å². The van der Waals surface area contributed by atoms with Gasteiger partial charge in [-0.25, -0.2) is 0 Å². The highest BCUT2D eigenvalue weighted by molar-refractivity contribution is 6.00. The van der Waals surface area contributed by atoms with Crippen LogP contribution in [0, 0.1) is 0 Å². The van der Waals surface area contributed by atoms with Crippen molar-refractivity contribution >= 4 is 33.8 Å². The maximum absolute atomic E-state index is 13.0. The maximum Gasteiger partial charge on any atom is 0.416 e. The van der Waals surface area contributed by atoms with Gasteiger partial charge in [-0.2, -0.15) is 26.3 Å². The monoisotopic (exact) mass is 448 g/mol. The summed E-state index contributed by atoms with van der Waals surface area (Å²) in [6.07, 6.45) is -8.99. The molecular weight excluding hydrogens is 434 g/mol. The number of hydrogen-bond donors (Lipinski definition) is 2. The lowest BCUT2D eigenvalue weighted by Crippen LogP contribution is -2.07. The molecule has 1 aromatic heterocycles. The molecule has 32 heavy (non-hydrogen) atoms. The molecule has 0 atom stereocenters. The van der Waals surface area contributed by atoms with Gasteiger partial charge < -0.3 is 10.6 Å². The number of hydrogen-bond acceptors (Lipinski definition) is 4. The topological polar surface area (TPSA) is 49.8 Å². The summed E-state index contributed by atoms with van der Waals surface area (Å²) in [4.78, 5) is 0. The Morgan fingerprint density at radius 2 is 0.938 bits per heavy atom. The van der Waals surface area contributed by atoms with Gasteiger partial charge in [0.2, 0.25) is 0 Å². The van der Waals surface area contributed by atoms with Crippen LogP contribution in [0.15, 0.2) is 72.8 Å². The molecule has 0 aliphatic rings. The van der Waals surface area contributed by atoms with Gasteiger partial charge in [-0.15, -0.1) is 10.2 Å². The van der Waals surface area contributed by atoms with E-state index in [1.54, 1.807) is 24.3 Å². The lowest BCUT2D eigenvalue weighted by molar-refractivity contribution is -0.138. The number of aromatic nitrogens is 2. The average molecular weight is 448 g/mol. The summed E-state index contributed by atoms with van der Waals surface area (Å²) in [5, 5.41) is 14.8. The van der Waals surface area contributed by atoms with Crippen molar-refractivity contribution in [3.63, 3.8) is 0 Å². The molecular formula is C22H14F6N4. The van der Waals surface area contributed by atoms with E-state index >= 15 is 0 Å². The second-order valence-electron chi connectivity index (χ2n) is 6.85. The Morgan fingerprint density at radius 3 is 1.31 bits per heavy atom. The Kier molecular flexibility index (Phi) is 5.37. The molecule has 0 aliphatic heterocycles. The molecule has 0 amide bonds. The Balaban J connectivity index is 1.69. The number of nitrogens with zero attached hydrogens (tertiary/aromatic N) is 2. The van der Waals surface area contributed by atoms with E-state index in [1.807, 2.05) is 0 Å². The molecule has 1 heterocycles. The number of halogens is 6. The van der Waals surface area contributed by atoms with Crippen LogP contribution in [0.5, 0.6) is 0 Å². The standard InChI is InChI=1S/C22H14F6N4/c23-21(24,25)13-5-3-7-15(11-13)29-19-17-9-1-2-10-18(17)20(32-31-19)30-16-8-4-6-14(12-16)22(26,27)28/h1-12H,(H,29,31)(H,30,32). The fourth-order valence-electron chi connectivity index (χ4n) is 3.11. The normalized spacial score (nSPS) is 12.1. The highest BCUT2D eigenvalue weighted by Gasteiger charge is 2.31. The molecule has 0 aliphatic carbocycles. The predicted molar refractivity (Wildman–Crippen MR) is 109 cm³/mol. The smallest absolute Gasteiger partial charge is 0.338 e. The third-order valence-corrected chi connectivity index (χ3v) is 4.59. The molecule has 3 aromatic carbocycles. The molecule has 2 N–H and O–H groups in total. The minimum Gasteiger partial charge on any atom is -0.338 e. The molecule has 4 aromatic rings. The second-order valence-corrected chi connectivity index (χ2v) is 6.85. The van der Waals surface area contributed by atoms with E-state index in [1.165, 1.54) is 24.3 Å². The SMILES string of the molecule is FC(F)(F)c1cccc(Nc2nnc(Nc3cccc(C(F)(F)F)c3)c3ccccc23)c1. The molecule has 10 heteroatoms. The highest BCUT2D eigenvalue weighted by Crippen LogP contribution is 2.35. The Morgan fingerprint density at radius 1 is 0.531 bits per heavy atom. The van der Waals surface area contributed by atoms with Crippen molar-refractivity contribution in [2.45, 2.75) is 12.4 Å². The molecule has 4 rings (SSSR count). The summed E-state index contributed by atoms with van der Waals surface area (Å²) in [6, 6.07) is 16.0. The van der Waals surface area contributed by atoms with E-state index in [4.69, 9.17) is 0 Å². The number of anilines is 4. The van der Waals surface area contributed by atoms with Gasteiger partial charge in [0, 0.05) is 22.1 Å². The summed E-state index contributed by atoms with van der Waals surface area (Å²) in [5.41, 5.74) is -1.30. The van der Waals surface area contributed by atoms with Gasteiger partial charge in [-0.1, -0.05) is 36.4 Å². The van der Waals surface area contributed by atoms with Crippen molar-refractivity contribution in [3.05, 3.63) is 83.9 Å². The first-order chi connectivity index (χ1) is 15.1. The van der Waals surface area contributed by atoms with Crippen molar-refractivity contribution < 1.29 is 26.3 Å². The quantitative estimate of drug-likeness (QED) is 0.326. The van der Waals surface area contributed by atoms with Gasteiger partial charge in [0.1, 0.15) is 0 Å². The van der Waals surface area contributed by atoms with Gasteiger partial charge in [0.15, 0.2) is 11.6 Å². The number of nitrogens with one attached hydrogen (secondary N) is 2. The summed E-state index contributed by atoms with van der Waals surface area (Å²) in [6.45, 7) is 0. The van der Waals surface area contributed by atoms with Gasteiger partial charge in [0.25, 0.3) is 0 Å². The summed E-state index contributed by atoms with van der Waals surface area (Å²) in [7, 11) is 0. The predicted octanol–water partition coefficient (Wildman–Crippen LogP) is 7.15. The summed E-state index contributed by atoms with van der Waals surface area (Å²) >= 11 is 0. The molecule has 0 bridgehead atoms. The van der Waals surface area contributed by atoms with E-state index < -0.39 is 23.5 Å². The van der Waals surface area contributed by atoms with Crippen molar-refractivity contribution in [1.29, 1.82) is 0 Å². The zero-order chi connectivity index (χ0) is 22.9. The number of rotatable bonds is 4. The first-order valence-corrected chi connectivity index (χ1v) is 9.25. The molecule has 0 saturated carbocycles. The minimum absolute atomic E-state index is 0.165. The maximum atomic E-state index is 13.0. The fraction of sp³-hybridized carbons (Fsp3) is 0.0909. The molecule has 0 spiro atoms. The van der Waals surface area contributed by atoms with Gasteiger partial charge in [0.05, 0.1) is 11.1 Å². The largest absolute Gasteiger partial charge is 0.416 e. The van der Waals surface area contributed by atoms with Crippen LogP contribution in [0.3, 0.4) is 0 Å². The number of fused-ring (bicyclic) bond motifs is 1. The highest BCUT2D eigenvalue weighted by atomic mass is 19.4. The van der Waals surface area contributed by atoms with Crippen LogP contribution in [-0.2, 0) is 12.4 Å². The van der Waals surface area contributed by atoms with Crippen LogP contribution in [-0.4, -0.2) is 10.2 Å². The lowest BCUT2D eigenvalue weighted by Gasteiger charge is -2.14. The van der Waals surface area contributed by atoms with Crippen LogP contribution >= 0.6 is 0 Å². The van der Waals surface area contributed by atoms with Gasteiger partial charge >= 0.3 is 12.4 Å². The van der Waals surface area contributed by atoms with Crippen LogP contribution in [0.1, 0.15) is 11.1 Å². The van der Waals surface area contributed by atoms with Crippen molar-refractivity contribution in [2.75, 3.05) is 10.6 Å². The zero-order valence-electron chi connectivity index (χ0n) is 16.1. The Hall–Kier alpha value is -3.82. The van der Waals surface area contributed by atoms with E-state index in [0.29, 0.717) is 10.8 Å². The molecule has 4 nitrogen and oxygen atoms in total. The molecule has 0 fully saturated rings. The molecule has 0 unspecified atom stereocenters. The molecule has 0 radical (unpaired) electrons. The van der Waals surface area contributed by atoms with Crippen LogP contribution in [0.25, 0.3) is 10.8 Å². The van der Waals surface area contributed by atoms with Crippen LogP contribution < -0.4 is 10.6 Å². The number of alkyl halides is 6. The lowest BCUT2D eigenvalue weighted by atomic mass is 10.1. The van der Waals surface area contributed by atoms with Crippen LogP contribution in [0.2, 0.25) is 0 Å². The third-order valence-electron chi connectivity index (χ3n) is 4.59. The zero-order valence-corrected chi connectivity index (χ0v) is 16.1. The number of benzene rings is 3. The fourth-order valence-corrected chi connectivity index (χ4v) is 3.11. The van der Waals surface area contributed by atoms with Gasteiger partial charge in [-0.3, -0.25) is 0 Å². The van der Waals surface area contributed by atoms with E-state index in [2.05, 4.69) is 20.8 Å². The molecule has 164 valence electrons. The van der Waals surface area contributed by atoms with Gasteiger partial charge in [-0.05, 0) is 36.4 Å². The second kappa shape index (κ2) is 8.03. The summed E-state index contributed by atoms with van der Waals surface area (Å²) < 4.78 is 77.9. The van der Waals surface area contributed by atoms with Crippen molar-refractivity contribution in [3.8, 4) is 0 Å².